The van der Waals surface area contributed by atoms with Gasteiger partial charge in [0.15, 0.2) is 0 Å². The minimum atomic E-state index is -0.445. The molecule has 0 aliphatic heterocycles. The average molecular weight is 360 g/mol. The second kappa shape index (κ2) is 6.95. The molecular weight excluding hydrogens is 347 g/mol. The molecule has 0 radical (unpaired) electrons. The maximum Gasteiger partial charge on any atom is 0.142 e. The van der Waals surface area contributed by atoms with Crippen molar-refractivity contribution in [3.8, 4) is 11.5 Å². The van der Waals surface area contributed by atoms with Crippen LogP contribution < -0.4 is 9.47 Å². The molecule has 2 rings (SSSR count). The molecule has 20 heavy (non-hydrogen) atoms. The van der Waals surface area contributed by atoms with Crippen molar-refractivity contribution >= 4 is 27.5 Å². The Morgan fingerprint density at radius 2 is 2.00 bits per heavy atom. The highest BCUT2D eigenvalue weighted by Gasteiger charge is 2.09. The maximum atomic E-state index is 13.4. The van der Waals surface area contributed by atoms with E-state index in [1.54, 1.807) is 25.3 Å². The van der Waals surface area contributed by atoms with Gasteiger partial charge in [-0.05, 0) is 12.1 Å². The molecule has 0 saturated carbocycles. The molecule has 0 aliphatic rings. The van der Waals surface area contributed by atoms with Crippen molar-refractivity contribution in [2.24, 2.45) is 0 Å². The van der Waals surface area contributed by atoms with Gasteiger partial charge in [-0.2, -0.15) is 0 Å². The summed E-state index contributed by atoms with van der Waals surface area (Å²) in [6.07, 6.45) is 0. The summed E-state index contributed by atoms with van der Waals surface area (Å²) in [5.74, 6) is 0.940. The molecule has 2 aromatic rings. The fraction of sp³-hybridized carbons (Fsp3) is 0.200. The van der Waals surface area contributed by atoms with Gasteiger partial charge < -0.3 is 9.47 Å². The lowest BCUT2D eigenvalue weighted by atomic mass is 10.2. The Kier molecular flexibility index (Phi) is 5.26. The summed E-state index contributed by atoms with van der Waals surface area (Å²) in [6, 6.07) is 10.2. The second-order valence-electron chi connectivity index (χ2n) is 4.11. The maximum absolute atomic E-state index is 13.4. The van der Waals surface area contributed by atoms with Gasteiger partial charge in [-0.25, -0.2) is 4.39 Å². The highest BCUT2D eigenvalue weighted by atomic mass is 79.9. The first kappa shape index (κ1) is 15.1. The fourth-order valence-electron chi connectivity index (χ4n) is 1.72. The van der Waals surface area contributed by atoms with E-state index in [2.05, 4.69) is 15.9 Å². The molecule has 0 atom stereocenters. The van der Waals surface area contributed by atoms with Gasteiger partial charge >= 0.3 is 0 Å². The molecule has 0 bridgehead atoms. The van der Waals surface area contributed by atoms with E-state index in [1.807, 2.05) is 12.1 Å². The minimum Gasteiger partial charge on any atom is -0.497 e. The van der Waals surface area contributed by atoms with Gasteiger partial charge in [0.25, 0.3) is 0 Å². The summed E-state index contributed by atoms with van der Waals surface area (Å²) in [4.78, 5) is 0. The molecule has 0 N–H and O–H groups in total. The number of benzene rings is 2. The van der Waals surface area contributed by atoms with E-state index in [-0.39, 0.29) is 11.6 Å². The monoisotopic (exact) mass is 358 g/mol. The van der Waals surface area contributed by atoms with Crippen LogP contribution in [-0.4, -0.2) is 7.11 Å². The predicted octanol–water partition coefficient (Wildman–Crippen LogP) is 4.96. The van der Waals surface area contributed by atoms with Gasteiger partial charge in [0, 0.05) is 22.5 Å². The van der Waals surface area contributed by atoms with Crippen molar-refractivity contribution in [2.45, 2.75) is 11.9 Å². The van der Waals surface area contributed by atoms with Crippen LogP contribution in [0.5, 0.6) is 11.5 Å². The summed E-state index contributed by atoms with van der Waals surface area (Å²) < 4.78 is 24.3. The van der Waals surface area contributed by atoms with Crippen LogP contribution in [0.15, 0.2) is 36.4 Å². The smallest absolute Gasteiger partial charge is 0.142 e. The van der Waals surface area contributed by atoms with Gasteiger partial charge in [0.2, 0.25) is 0 Å². The largest absolute Gasteiger partial charge is 0.497 e. The summed E-state index contributed by atoms with van der Waals surface area (Å²) in [7, 11) is 1.59. The van der Waals surface area contributed by atoms with Crippen LogP contribution in [0, 0.1) is 5.82 Å². The van der Waals surface area contributed by atoms with E-state index in [0.717, 1.165) is 5.56 Å². The Labute approximate surface area is 130 Å². The number of hydrogen-bond acceptors (Lipinski definition) is 2. The number of alkyl halides is 1. The Bertz CT molecular complexity index is 604. The SMILES string of the molecule is COc1ccc(CBr)c(OCc2cccc(F)c2Cl)c1. The molecule has 2 aromatic carbocycles. The molecule has 0 aromatic heterocycles. The topological polar surface area (TPSA) is 18.5 Å². The molecule has 0 saturated heterocycles. The van der Waals surface area contributed by atoms with Crippen LogP contribution in [0.2, 0.25) is 5.02 Å². The number of rotatable bonds is 5. The van der Waals surface area contributed by atoms with Crippen molar-refractivity contribution in [3.63, 3.8) is 0 Å². The van der Waals surface area contributed by atoms with Gasteiger partial charge in [-0.15, -0.1) is 0 Å². The van der Waals surface area contributed by atoms with Gasteiger partial charge in [0.05, 0.1) is 12.1 Å². The van der Waals surface area contributed by atoms with Crippen LogP contribution in [0.3, 0.4) is 0 Å². The predicted molar refractivity (Wildman–Crippen MR) is 81.4 cm³/mol. The van der Waals surface area contributed by atoms with Crippen molar-refractivity contribution in [2.75, 3.05) is 7.11 Å². The standard InChI is InChI=1S/C15H13BrClFO2/c1-19-12-6-5-10(8-16)14(7-12)20-9-11-3-2-4-13(18)15(11)17/h2-7H,8-9H2,1H3. The van der Waals surface area contributed by atoms with Crippen LogP contribution in [0.25, 0.3) is 0 Å². The van der Waals surface area contributed by atoms with E-state index >= 15 is 0 Å². The molecule has 106 valence electrons. The fourth-order valence-corrected chi connectivity index (χ4v) is 2.37. The van der Waals surface area contributed by atoms with Gasteiger partial charge in [0.1, 0.15) is 23.9 Å². The lowest BCUT2D eigenvalue weighted by Gasteiger charge is -2.12. The summed E-state index contributed by atoms with van der Waals surface area (Å²) in [5.41, 5.74) is 1.59. The van der Waals surface area contributed by atoms with E-state index in [1.165, 1.54) is 6.07 Å². The first-order valence-electron chi connectivity index (χ1n) is 5.94. The molecule has 2 nitrogen and oxygen atoms in total. The van der Waals surface area contributed by atoms with Crippen molar-refractivity contribution in [3.05, 3.63) is 58.4 Å². The first-order chi connectivity index (χ1) is 9.65. The van der Waals surface area contributed by atoms with E-state index in [9.17, 15) is 4.39 Å². The quantitative estimate of drug-likeness (QED) is 0.702. The van der Waals surface area contributed by atoms with Crippen molar-refractivity contribution in [1.82, 2.24) is 0 Å². The molecule has 0 heterocycles. The van der Waals surface area contributed by atoms with E-state index < -0.39 is 5.82 Å². The molecule has 0 fully saturated rings. The number of methoxy groups -OCH3 is 1. The minimum absolute atomic E-state index is 0.0933. The van der Waals surface area contributed by atoms with Crippen LogP contribution >= 0.6 is 27.5 Å². The van der Waals surface area contributed by atoms with Crippen LogP contribution in [-0.2, 0) is 11.9 Å². The molecule has 0 amide bonds. The average Bonchev–Trinajstić information content (AvgIpc) is 2.48. The zero-order chi connectivity index (χ0) is 14.5. The molecule has 5 heteroatoms. The lowest BCUT2D eigenvalue weighted by Crippen LogP contribution is -2.00. The summed E-state index contributed by atoms with van der Waals surface area (Å²) in [5, 5.41) is 0.749. The van der Waals surface area contributed by atoms with Crippen LogP contribution in [0.1, 0.15) is 11.1 Å². The van der Waals surface area contributed by atoms with Crippen LogP contribution in [0.4, 0.5) is 4.39 Å². The third kappa shape index (κ3) is 3.44. The Hall–Kier alpha value is -1.26. The third-order valence-electron chi connectivity index (χ3n) is 2.83. The Morgan fingerprint density at radius 1 is 1.20 bits per heavy atom. The summed E-state index contributed by atoms with van der Waals surface area (Å²) >= 11 is 9.30. The third-order valence-corrected chi connectivity index (χ3v) is 3.86. The van der Waals surface area contributed by atoms with Gasteiger partial charge in [-0.3, -0.25) is 0 Å². The van der Waals surface area contributed by atoms with Crippen molar-refractivity contribution in [1.29, 1.82) is 0 Å². The molecular formula is C15H13BrClFO2. The molecule has 0 aliphatic carbocycles. The number of hydrogen-bond donors (Lipinski definition) is 0. The van der Waals surface area contributed by atoms with E-state index in [4.69, 9.17) is 21.1 Å². The number of halogens is 3. The highest BCUT2D eigenvalue weighted by Crippen LogP contribution is 2.28. The van der Waals surface area contributed by atoms with E-state index in [0.29, 0.717) is 22.4 Å². The second-order valence-corrected chi connectivity index (χ2v) is 5.05. The lowest BCUT2D eigenvalue weighted by molar-refractivity contribution is 0.301. The van der Waals surface area contributed by atoms with Crippen molar-refractivity contribution < 1.29 is 13.9 Å². The Balaban J connectivity index is 2.19. The normalized spacial score (nSPS) is 10.4. The zero-order valence-electron chi connectivity index (χ0n) is 10.8. The Morgan fingerprint density at radius 3 is 2.70 bits per heavy atom. The van der Waals surface area contributed by atoms with Gasteiger partial charge in [-0.1, -0.05) is 45.7 Å². The highest BCUT2D eigenvalue weighted by molar-refractivity contribution is 9.08. The molecule has 0 spiro atoms. The zero-order valence-corrected chi connectivity index (χ0v) is 13.2. The first-order valence-corrected chi connectivity index (χ1v) is 7.44. The summed E-state index contributed by atoms with van der Waals surface area (Å²) in [6.45, 7) is 0.198. The molecule has 0 unspecified atom stereocenters. The number of ether oxygens (including phenoxy) is 2.